The van der Waals surface area contributed by atoms with Gasteiger partial charge in [-0.1, -0.05) is 11.6 Å². The van der Waals surface area contributed by atoms with E-state index in [4.69, 9.17) is 11.6 Å². The molecule has 0 saturated heterocycles. The van der Waals surface area contributed by atoms with Gasteiger partial charge in [0.2, 0.25) is 0 Å². The van der Waals surface area contributed by atoms with Gasteiger partial charge < -0.3 is 5.32 Å². The fraction of sp³-hybridized carbons (Fsp3) is 0.231. The lowest BCUT2D eigenvalue weighted by Gasteiger charge is -2.16. The van der Waals surface area contributed by atoms with Crippen LogP contribution in [0.3, 0.4) is 0 Å². The van der Waals surface area contributed by atoms with E-state index in [0.29, 0.717) is 11.4 Å². The average Bonchev–Trinajstić information content (AvgIpc) is 2.41. The van der Waals surface area contributed by atoms with Crippen LogP contribution in [0.1, 0.15) is 17.2 Å². The number of aromatic nitrogens is 2. The monoisotopic (exact) mass is 265 g/mol. The van der Waals surface area contributed by atoms with Crippen molar-refractivity contribution in [3.8, 4) is 0 Å². The summed E-state index contributed by atoms with van der Waals surface area (Å²) in [5.74, 6) is -0.284. The fourth-order valence-electron chi connectivity index (χ4n) is 1.80. The van der Waals surface area contributed by atoms with Crippen molar-refractivity contribution in [3.63, 3.8) is 0 Å². The first kappa shape index (κ1) is 12.9. The van der Waals surface area contributed by atoms with Crippen LogP contribution >= 0.6 is 11.6 Å². The second-order valence-corrected chi connectivity index (χ2v) is 4.36. The molecule has 0 fully saturated rings. The summed E-state index contributed by atoms with van der Waals surface area (Å²) in [4.78, 5) is 7.95. The van der Waals surface area contributed by atoms with Crippen molar-refractivity contribution in [1.82, 2.24) is 15.3 Å². The van der Waals surface area contributed by atoms with Gasteiger partial charge in [-0.05, 0) is 37.2 Å². The van der Waals surface area contributed by atoms with Gasteiger partial charge in [-0.15, -0.1) is 0 Å². The van der Waals surface area contributed by atoms with E-state index in [2.05, 4.69) is 15.3 Å². The molecule has 0 amide bonds. The third-order valence-corrected chi connectivity index (χ3v) is 3.13. The SMILES string of the molecule is CNC(Cc1cc(F)ccc1Cl)c1cncnc1. The molecule has 0 radical (unpaired) electrons. The number of hydrogen-bond acceptors (Lipinski definition) is 3. The number of nitrogens with zero attached hydrogens (tertiary/aromatic N) is 2. The Morgan fingerprint density at radius 1 is 1.33 bits per heavy atom. The molecule has 1 N–H and O–H groups in total. The summed E-state index contributed by atoms with van der Waals surface area (Å²) < 4.78 is 13.2. The molecule has 2 aromatic rings. The standard InChI is InChI=1S/C13H13ClFN3/c1-16-13(10-6-17-8-18-7-10)5-9-4-11(15)2-3-12(9)14/h2-4,6-8,13,16H,5H2,1H3. The van der Waals surface area contributed by atoms with Gasteiger partial charge in [0.1, 0.15) is 12.1 Å². The van der Waals surface area contributed by atoms with Crippen LogP contribution in [0.15, 0.2) is 36.9 Å². The zero-order valence-electron chi connectivity index (χ0n) is 9.90. The number of rotatable bonds is 4. The smallest absolute Gasteiger partial charge is 0.123 e. The summed E-state index contributed by atoms with van der Waals surface area (Å²) in [5.41, 5.74) is 1.71. The molecule has 0 aliphatic rings. The Hall–Kier alpha value is -1.52. The first-order chi connectivity index (χ1) is 8.70. The van der Waals surface area contributed by atoms with Gasteiger partial charge in [0.05, 0.1) is 0 Å². The number of halogens is 2. The molecule has 0 bridgehead atoms. The van der Waals surface area contributed by atoms with Crippen LogP contribution in [0.4, 0.5) is 4.39 Å². The maximum atomic E-state index is 13.2. The Kier molecular flexibility index (Phi) is 4.23. The van der Waals surface area contributed by atoms with Gasteiger partial charge in [-0.3, -0.25) is 0 Å². The number of hydrogen-bond donors (Lipinski definition) is 1. The first-order valence-corrected chi connectivity index (χ1v) is 5.94. The summed E-state index contributed by atoms with van der Waals surface area (Å²) >= 11 is 6.06. The minimum absolute atomic E-state index is 0.00509. The van der Waals surface area contributed by atoms with Crippen molar-refractivity contribution >= 4 is 11.6 Å². The normalized spacial score (nSPS) is 12.4. The molecule has 0 saturated carbocycles. The molecule has 0 aliphatic carbocycles. The second-order valence-electron chi connectivity index (χ2n) is 3.95. The molecule has 94 valence electrons. The molecule has 1 aromatic carbocycles. The predicted octanol–water partition coefficient (Wildman–Crippen LogP) is 2.77. The van der Waals surface area contributed by atoms with Crippen LogP contribution in [-0.2, 0) is 6.42 Å². The molecular weight excluding hydrogens is 253 g/mol. The van der Waals surface area contributed by atoms with Crippen molar-refractivity contribution in [3.05, 3.63) is 58.9 Å². The molecular formula is C13H13ClFN3. The highest BCUT2D eigenvalue weighted by molar-refractivity contribution is 6.31. The van der Waals surface area contributed by atoms with E-state index in [9.17, 15) is 4.39 Å². The van der Waals surface area contributed by atoms with Crippen LogP contribution in [0.25, 0.3) is 0 Å². The number of likely N-dealkylation sites (N-methyl/N-ethyl adjacent to an activating group) is 1. The third kappa shape index (κ3) is 3.03. The summed E-state index contributed by atoms with van der Waals surface area (Å²) in [6.45, 7) is 0. The van der Waals surface area contributed by atoms with Crippen molar-refractivity contribution in [1.29, 1.82) is 0 Å². The quantitative estimate of drug-likeness (QED) is 0.924. The Morgan fingerprint density at radius 3 is 2.72 bits per heavy atom. The minimum Gasteiger partial charge on any atom is -0.313 e. The third-order valence-electron chi connectivity index (χ3n) is 2.76. The molecule has 2 rings (SSSR count). The van der Waals surface area contributed by atoms with Gasteiger partial charge >= 0.3 is 0 Å². The van der Waals surface area contributed by atoms with Gasteiger partial charge in [0, 0.05) is 29.0 Å². The molecule has 1 unspecified atom stereocenters. The predicted molar refractivity (Wildman–Crippen MR) is 68.9 cm³/mol. The van der Waals surface area contributed by atoms with E-state index in [1.165, 1.54) is 18.5 Å². The summed E-state index contributed by atoms with van der Waals surface area (Å²) in [7, 11) is 1.84. The Balaban J connectivity index is 2.23. The molecule has 3 nitrogen and oxygen atoms in total. The van der Waals surface area contributed by atoms with Crippen LogP contribution in [0.5, 0.6) is 0 Å². The largest absolute Gasteiger partial charge is 0.313 e. The first-order valence-electron chi connectivity index (χ1n) is 5.57. The molecule has 1 heterocycles. The lowest BCUT2D eigenvalue weighted by Crippen LogP contribution is -2.19. The number of benzene rings is 1. The summed E-state index contributed by atoms with van der Waals surface area (Å²) in [6, 6.07) is 4.38. The van der Waals surface area contributed by atoms with Crippen LogP contribution in [-0.4, -0.2) is 17.0 Å². The van der Waals surface area contributed by atoms with Crippen LogP contribution in [0.2, 0.25) is 5.02 Å². The highest BCUT2D eigenvalue weighted by atomic mass is 35.5. The average molecular weight is 266 g/mol. The van der Waals surface area contributed by atoms with E-state index in [-0.39, 0.29) is 11.9 Å². The lowest BCUT2D eigenvalue weighted by atomic mass is 10.0. The maximum Gasteiger partial charge on any atom is 0.123 e. The van der Waals surface area contributed by atoms with E-state index in [1.807, 2.05) is 7.05 Å². The summed E-state index contributed by atoms with van der Waals surface area (Å²) in [5, 5.41) is 3.72. The molecule has 1 aromatic heterocycles. The lowest BCUT2D eigenvalue weighted by molar-refractivity contribution is 0.580. The van der Waals surface area contributed by atoms with Crippen LogP contribution in [0, 0.1) is 5.82 Å². The Bertz CT molecular complexity index is 519. The fourth-order valence-corrected chi connectivity index (χ4v) is 1.99. The molecule has 0 aliphatic heterocycles. The van der Waals surface area contributed by atoms with Crippen molar-refractivity contribution in [2.24, 2.45) is 0 Å². The second kappa shape index (κ2) is 5.89. The maximum absolute atomic E-state index is 13.2. The zero-order chi connectivity index (χ0) is 13.0. The van der Waals surface area contributed by atoms with Gasteiger partial charge in [0.15, 0.2) is 0 Å². The Morgan fingerprint density at radius 2 is 2.06 bits per heavy atom. The zero-order valence-corrected chi connectivity index (χ0v) is 10.7. The molecule has 0 spiro atoms. The highest BCUT2D eigenvalue weighted by Crippen LogP contribution is 2.23. The van der Waals surface area contributed by atoms with Gasteiger partial charge in [-0.2, -0.15) is 0 Å². The van der Waals surface area contributed by atoms with Crippen molar-refractivity contribution < 1.29 is 4.39 Å². The highest BCUT2D eigenvalue weighted by Gasteiger charge is 2.13. The number of nitrogens with one attached hydrogen (secondary N) is 1. The molecule has 5 heteroatoms. The van der Waals surface area contributed by atoms with Gasteiger partial charge in [-0.25, -0.2) is 14.4 Å². The van der Waals surface area contributed by atoms with Crippen LogP contribution < -0.4 is 5.32 Å². The molecule has 18 heavy (non-hydrogen) atoms. The van der Waals surface area contributed by atoms with Gasteiger partial charge in [0.25, 0.3) is 0 Å². The van der Waals surface area contributed by atoms with Crippen molar-refractivity contribution in [2.75, 3.05) is 7.05 Å². The molecule has 1 atom stereocenters. The van der Waals surface area contributed by atoms with E-state index in [1.54, 1.807) is 18.5 Å². The minimum atomic E-state index is -0.284. The van der Waals surface area contributed by atoms with E-state index in [0.717, 1.165) is 11.1 Å². The van der Waals surface area contributed by atoms with Crippen molar-refractivity contribution in [2.45, 2.75) is 12.5 Å². The van der Waals surface area contributed by atoms with E-state index >= 15 is 0 Å². The summed E-state index contributed by atoms with van der Waals surface area (Å²) in [6.07, 6.45) is 5.54. The topological polar surface area (TPSA) is 37.8 Å². The Labute approximate surface area is 110 Å². The van der Waals surface area contributed by atoms with E-state index < -0.39 is 0 Å².